The zero-order valence-electron chi connectivity index (χ0n) is 11.4. The lowest BCUT2D eigenvalue weighted by Crippen LogP contribution is -2.23. The fourth-order valence-electron chi connectivity index (χ4n) is 2.16. The molecule has 0 radical (unpaired) electrons. The van der Waals surface area contributed by atoms with Crippen molar-refractivity contribution in [3.8, 4) is 11.1 Å². The standard InChI is InChI=1S/C16H20N2/c1-4-18(5-2)16-12-15(11-13(3)17-16)14-9-7-6-8-10-14/h6-12H,4-5H2,1-3H3. The van der Waals surface area contributed by atoms with Crippen LogP contribution in [-0.2, 0) is 0 Å². The van der Waals surface area contributed by atoms with Gasteiger partial charge in [-0.3, -0.25) is 0 Å². The normalized spacial score (nSPS) is 10.4. The fourth-order valence-corrected chi connectivity index (χ4v) is 2.16. The van der Waals surface area contributed by atoms with Crippen molar-refractivity contribution in [2.45, 2.75) is 20.8 Å². The third kappa shape index (κ3) is 2.70. The molecule has 0 amide bonds. The number of aryl methyl sites for hydroxylation is 1. The summed E-state index contributed by atoms with van der Waals surface area (Å²) >= 11 is 0. The summed E-state index contributed by atoms with van der Waals surface area (Å²) in [5, 5.41) is 0. The van der Waals surface area contributed by atoms with Crippen LogP contribution in [0, 0.1) is 6.92 Å². The van der Waals surface area contributed by atoms with Gasteiger partial charge in [0.25, 0.3) is 0 Å². The molecule has 0 N–H and O–H groups in total. The van der Waals surface area contributed by atoms with Gasteiger partial charge in [0.2, 0.25) is 0 Å². The molecule has 2 rings (SSSR count). The highest BCUT2D eigenvalue weighted by molar-refractivity contribution is 5.67. The van der Waals surface area contributed by atoms with E-state index in [4.69, 9.17) is 0 Å². The fraction of sp³-hybridized carbons (Fsp3) is 0.312. The molecular weight excluding hydrogens is 220 g/mol. The zero-order chi connectivity index (χ0) is 13.0. The Morgan fingerprint density at radius 1 is 0.944 bits per heavy atom. The molecule has 1 aromatic heterocycles. The summed E-state index contributed by atoms with van der Waals surface area (Å²) in [6.07, 6.45) is 0. The Kier molecular flexibility index (Phi) is 3.98. The van der Waals surface area contributed by atoms with Crippen LogP contribution in [0.3, 0.4) is 0 Å². The molecule has 0 bridgehead atoms. The van der Waals surface area contributed by atoms with Crippen molar-refractivity contribution in [3.63, 3.8) is 0 Å². The second-order valence-electron chi connectivity index (χ2n) is 4.39. The lowest BCUT2D eigenvalue weighted by atomic mass is 10.1. The Bertz CT molecular complexity index is 502. The summed E-state index contributed by atoms with van der Waals surface area (Å²) in [6.45, 7) is 8.35. The molecule has 0 aliphatic carbocycles. The number of hydrogen-bond donors (Lipinski definition) is 0. The van der Waals surface area contributed by atoms with E-state index in [0.29, 0.717) is 0 Å². The first kappa shape index (κ1) is 12.6. The Morgan fingerprint density at radius 3 is 2.22 bits per heavy atom. The molecule has 0 fully saturated rings. The molecule has 0 aliphatic heterocycles. The number of nitrogens with zero attached hydrogens (tertiary/aromatic N) is 2. The van der Waals surface area contributed by atoms with E-state index in [9.17, 15) is 0 Å². The minimum absolute atomic E-state index is 0.987. The van der Waals surface area contributed by atoms with Gasteiger partial charge in [0.1, 0.15) is 5.82 Å². The minimum Gasteiger partial charge on any atom is -0.357 e. The van der Waals surface area contributed by atoms with E-state index in [0.717, 1.165) is 24.6 Å². The van der Waals surface area contributed by atoms with Gasteiger partial charge in [-0.15, -0.1) is 0 Å². The maximum absolute atomic E-state index is 4.63. The Balaban J connectivity index is 2.44. The SMILES string of the molecule is CCN(CC)c1cc(-c2ccccc2)cc(C)n1. The van der Waals surface area contributed by atoms with Crippen LogP contribution in [0.5, 0.6) is 0 Å². The van der Waals surface area contributed by atoms with E-state index in [1.807, 2.05) is 6.07 Å². The number of benzene rings is 1. The topological polar surface area (TPSA) is 16.1 Å². The maximum atomic E-state index is 4.63. The second kappa shape index (κ2) is 5.67. The van der Waals surface area contributed by atoms with Gasteiger partial charge in [-0.25, -0.2) is 4.98 Å². The van der Waals surface area contributed by atoms with Gasteiger partial charge in [0, 0.05) is 18.8 Å². The van der Waals surface area contributed by atoms with E-state index in [1.54, 1.807) is 0 Å². The zero-order valence-corrected chi connectivity index (χ0v) is 11.4. The largest absolute Gasteiger partial charge is 0.357 e. The van der Waals surface area contributed by atoms with Gasteiger partial charge in [-0.2, -0.15) is 0 Å². The predicted octanol–water partition coefficient (Wildman–Crippen LogP) is 3.90. The van der Waals surface area contributed by atoms with Crippen molar-refractivity contribution in [2.24, 2.45) is 0 Å². The first-order chi connectivity index (χ1) is 8.74. The quantitative estimate of drug-likeness (QED) is 0.805. The van der Waals surface area contributed by atoms with Crippen molar-refractivity contribution in [3.05, 3.63) is 48.2 Å². The van der Waals surface area contributed by atoms with E-state index in [-0.39, 0.29) is 0 Å². The molecule has 1 aromatic carbocycles. The molecule has 94 valence electrons. The van der Waals surface area contributed by atoms with Crippen LogP contribution in [0.25, 0.3) is 11.1 Å². The van der Waals surface area contributed by atoms with Crippen molar-refractivity contribution in [1.29, 1.82) is 0 Å². The lowest BCUT2D eigenvalue weighted by Gasteiger charge is -2.21. The molecular formula is C16H20N2. The first-order valence-corrected chi connectivity index (χ1v) is 6.53. The summed E-state index contributed by atoms with van der Waals surface area (Å²) in [7, 11) is 0. The summed E-state index contributed by atoms with van der Waals surface area (Å²) in [5.41, 5.74) is 3.56. The summed E-state index contributed by atoms with van der Waals surface area (Å²) in [6, 6.07) is 14.8. The number of pyridine rings is 1. The molecule has 2 nitrogen and oxygen atoms in total. The number of anilines is 1. The lowest BCUT2D eigenvalue weighted by molar-refractivity contribution is 0.843. The van der Waals surface area contributed by atoms with E-state index < -0.39 is 0 Å². The molecule has 0 spiro atoms. The van der Waals surface area contributed by atoms with Gasteiger partial charge in [0.05, 0.1) is 0 Å². The average Bonchev–Trinajstić information content (AvgIpc) is 2.40. The third-order valence-electron chi connectivity index (χ3n) is 3.13. The van der Waals surface area contributed by atoms with E-state index in [1.165, 1.54) is 11.1 Å². The van der Waals surface area contributed by atoms with Gasteiger partial charge in [-0.05, 0) is 44.0 Å². The molecule has 18 heavy (non-hydrogen) atoms. The Hall–Kier alpha value is -1.83. The van der Waals surface area contributed by atoms with Crippen LogP contribution >= 0.6 is 0 Å². The van der Waals surface area contributed by atoms with E-state index >= 15 is 0 Å². The summed E-state index contributed by atoms with van der Waals surface area (Å²) in [4.78, 5) is 6.90. The monoisotopic (exact) mass is 240 g/mol. The second-order valence-corrected chi connectivity index (χ2v) is 4.39. The number of aromatic nitrogens is 1. The Morgan fingerprint density at radius 2 is 1.61 bits per heavy atom. The third-order valence-corrected chi connectivity index (χ3v) is 3.13. The first-order valence-electron chi connectivity index (χ1n) is 6.53. The van der Waals surface area contributed by atoms with Gasteiger partial charge in [-0.1, -0.05) is 30.3 Å². The molecule has 0 saturated heterocycles. The molecule has 0 atom stereocenters. The van der Waals surface area contributed by atoms with Crippen molar-refractivity contribution in [2.75, 3.05) is 18.0 Å². The van der Waals surface area contributed by atoms with Crippen molar-refractivity contribution < 1.29 is 0 Å². The van der Waals surface area contributed by atoms with Gasteiger partial charge >= 0.3 is 0 Å². The van der Waals surface area contributed by atoms with Crippen LogP contribution in [0.1, 0.15) is 19.5 Å². The van der Waals surface area contributed by atoms with Crippen LogP contribution in [0.4, 0.5) is 5.82 Å². The maximum Gasteiger partial charge on any atom is 0.129 e. The smallest absolute Gasteiger partial charge is 0.129 e. The number of hydrogen-bond acceptors (Lipinski definition) is 2. The highest BCUT2D eigenvalue weighted by Gasteiger charge is 2.07. The Labute approximate surface area is 109 Å². The average molecular weight is 240 g/mol. The predicted molar refractivity (Wildman–Crippen MR) is 78.0 cm³/mol. The molecule has 0 aliphatic rings. The van der Waals surface area contributed by atoms with Crippen molar-refractivity contribution in [1.82, 2.24) is 4.98 Å². The highest BCUT2D eigenvalue weighted by atomic mass is 15.2. The van der Waals surface area contributed by atoms with Crippen LogP contribution in [-0.4, -0.2) is 18.1 Å². The van der Waals surface area contributed by atoms with E-state index in [2.05, 4.69) is 67.1 Å². The molecule has 0 saturated carbocycles. The van der Waals surface area contributed by atoms with Crippen LogP contribution < -0.4 is 4.90 Å². The highest BCUT2D eigenvalue weighted by Crippen LogP contribution is 2.24. The molecule has 2 heteroatoms. The molecule has 2 aromatic rings. The number of rotatable bonds is 4. The van der Waals surface area contributed by atoms with Crippen molar-refractivity contribution >= 4 is 5.82 Å². The minimum atomic E-state index is 0.987. The summed E-state index contributed by atoms with van der Waals surface area (Å²) in [5.74, 6) is 1.07. The van der Waals surface area contributed by atoms with Crippen LogP contribution in [0.2, 0.25) is 0 Å². The van der Waals surface area contributed by atoms with Crippen LogP contribution in [0.15, 0.2) is 42.5 Å². The van der Waals surface area contributed by atoms with Gasteiger partial charge < -0.3 is 4.90 Å². The van der Waals surface area contributed by atoms with Gasteiger partial charge in [0.15, 0.2) is 0 Å². The molecule has 0 unspecified atom stereocenters. The molecule has 1 heterocycles. The summed E-state index contributed by atoms with van der Waals surface area (Å²) < 4.78 is 0.